The second-order valence-electron chi connectivity index (χ2n) is 6.61. The van der Waals surface area contributed by atoms with E-state index < -0.39 is 0 Å². The number of ether oxygens (including phenoxy) is 1. The maximum atomic E-state index is 13.4. The monoisotopic (exact) mass is 389 g/mol. The Kier molecular flexibility index (Phi) is 6.26. The van der Waals surface area contributed by atoms with Gasteiger partial charge in [-0.1, -0.05) is 37.7 Å². The average Bonchev–Trinajstić information content (AvgIpc) is 3.06. The number of aryl methyl sites for hydroxylation is 1. The molecule has 0 saturated heterocycles. The number of nitrogens with zero attached hydrogens (tertiary/aromatic N) is 4. The number of methoxy groups -OCH3 is 1. The number of hydrogen-bond donors (Lipinski definition) is 1. The Morgan fingerprint density at radius 1 is 1.22 bits per heavy atom. The highest BCUT2D eigenvalue weighted by molar-refractivity contribution is 8.00. The first kappa shape index (κ1) is 19.5. The number of benzene rings is 1. The average molecular weight is 390 g/mol. The highest BCUT2D eigenvalue weighted by Gasteiger charge is 2.39. The highest BCUT2D eigenvalue weighted by atomic mass is 32.2. The fourth-order valence-electron chi connectivity index (χ4n) is 3.26. The second-order valence-corrected chi connectivity index (χ2v) is 7.72. The summed E-state index contributed by atoms with van der Waals surface area (Å²) in [5.41, 5.74) is 4.49. The third-order valence-corrected chi connectivity index (χ3v) is 5.82. The zero-order valence-electron chi connectivity index (χ0n) is 16.3. The first-order chi connectivity index (χ1) is 13.1. The van der Waals surface area contributed by atoms with Crippen molar-refractivity contribution >= 4 is 17.7 Å². The summed E-state index contributed by atoms with van der Waals surface area (Å²) in [7, 11) is 1.65. The Morgan fingerprint density at radius 2 is 1.89 bits per heavy atom. The number of rotatable bonds is 7. The van der Waals surface area contributed by atoms with Gasteiger partial charge in [-0.05, 0) is 37.5 Å². The van der Waals surface area contributed by atoms with E-state index in [0.717, 1.165) is 48.2 Å². The highest BCUT2D eigenvalue weighted by Crippen LogP contribution is 2.38. The van der Waals surface area contributed by atoms with E-state index in [2.05, 4.69) is 29.5 Å². The third kappa shape index (κ3) is 4.05. The molecule has 0 spiro atoms. The molecule has 2 unspecified atom stereocenters. The van der Waals surface area contributed by atoms with Gasteiger partial charge < -0.3 is 15.1 Å². The Morgan fingerprint density at radius 3 is 2.48 bits per heavy atom. The van der Waals surface area contributed by atoms with Crippen molar-refractivity contribution in [2.24, 2.45) is 0 Å². The smallest absolute Gasteiger partial charge is 0.238 e. The van der Waals surface area contributed by atoms with Gasteiger partial charge in [0.15, 0.2) is 0 Å². The molecule has 1 N–H and O–H groups in total. The van der Waals surface area contributed by atoms with Gasteiger partial charge in [-0.25, -0.2) is 4.68 Å². The number of carbonyl (C=O) groups is 1. The van der Waals surface area contributed by atoms with Crippen molar-refractivity contribution in [3.8, 4) is 5.75 Å². The molecular formula is C19H27N5O2S. The van der Waals surface area contributed by atoms with E-state index in [4.69, 9.17) is 4.74 Å². The van der Waals surface area contributed by atoms with Crippen molar-refractivity contribution < 1.29 is 9.53 Å². The zero-order valence-corrected chi connectivity index (χ0v) is 17.1. The van der Waals surface area contributed by atoms with Gasteiger partial charge in [0.2, 0.25) is 11.1 Å². The molecule has 1 aromatic carbocycles. The van der Waals surface area contributed by atoms with Gasteiger partial charge in [0.25, 0.3) is 0 Å². The minimum Gasteiger partial charge on any atom is -0.497 e. The molecular weight excluding hydrogens is 362 g/mol. The van der Waals surface area contributed by atoms with Gasteiger partial charge >= 0.3 is 0 Å². The van der Waals surface area contributed by atoms with E-state index in [1.807, 2.05) is 40.8 Å². The van der Waals surface area contributed by atoms with E-state index in [1.165, 1.54) is 11.8 Å². The fraction of sp³-hybridized carbons (Fsp3) is 0.526. The molecule has 2 atom stereocenters. The third-order valence-electron chi connectivity index (χ3n) is 4.62. The quantitative estimate of drug-likeness (QED) is 0.785. The first-order valence-electron chi connectivity index (χ1n) is 9.37. The van der Waals surface area contributed by atoms with Crippen LogP contribution >= 0.6 is 11.8 Å². The number of nitrogens with one attached hydrogen (secondary N) is 1. The summed E-state index contributed by atoms with van der Waals surface area (Å²) in [5, 5.41) is 8.80. The molecule has 146 valence electrons. The largest absolute Gasteiger partial charge is 0.497 e. The van der Waals surface area contributed by atoms with Crippen LogP contribution in [0, 0.1) is 6.92 Å². The maximum Gasteiger partial charge on any atom is 0.238 e. The maximum absolute atomic E-state index is 13.4. The lowest BCUT2D eigenvalue weighted by atomic mass is 10.0. The number of fused-ring (bicyclic) bond motifs is 1. The second kappa shape index (κ2) is 8.65. The summed E-state index contributed by atoms with van der Waals surface area (Å²) in [6, 6.07) is 7.69. The molecule has 27 heavy (non-hydrogen) atoms. The minimum absolute atomic E-state index is 0.143. The lowest BCUT2D eigenvalue weighted by molar-refractivity contribution is -0.131. The van der Waals surface area contributed by atoms with Gasteiger partial charge in [0, 0.05) is 13.1 Å². The van der Waals surface area contributed by atoms with Crippen LogP contribution in [0.15, 0.2) is 29.4 Å². The molecule has 2 aromatic rings. The van der Waals surface area contributed by atoms with Crippen LogP contribution < -0.4 is 10.2 Å². The molecule has 0 fully saturated rings. The van der Waals surface area contributed by atoms with Crippen LogP contribution in [0.2, 0.25) is 0 Å². The predicted octanol–water partition coefficient (Wildman–Crippen LogP) is 3.00. The van der Waals surface area contributed by atoms with E-state index in [0.29, 0.717) is 0 Å². The molecule has 0 radical (unpaired) electrons. The van der Waals surface area contributed by atoms with E-state index in [-0.39, 0.29) is 17.2 Å². The zero-order chi connectivity index (χ0) is 19.4. The SMILES string of the molecule is CCCN(CCC)C(=O)C1Sc2nnc(C)n2NC1c1ccc(OC)cc1. The van der Waals surface area contributed by atoms with Crippen molar-refractivity contribution in [3.63, 3.8) is 0 Å². The Balaban J connectivity index is 1.95. The number of carbonyl (C=O) groups excluding carboxylic acids is 1. The molecule has 2 heterocycles. The molecule has 8 heteroatoms. The van der Waals surface area contributed by atoms with Crippen LogP contribution in [0.4, 0.5) is 0 Å². The van der Waals surface area contributed by atoms with E-state index in [9.17, 15) is 4.79 Å². The van der Waals surface area contributed by atoms with Crippen molar-refractivity contribution in [1.29, 1.82) is 0 Å². The molecule has 0 aliphatic carbocycles. The van der Waals surface area contributed by atoms with E-state index in [1.54, 1.807) is 7.11 Å². The van der Waals surface area contributed by atoms with Crippen molar-refractivity contribution in [2.45, 2.75) is 50.1 Å². The Bertz CT molecular complexity index is 771. The summed E-state index contributed by atoms with van der Waals surface area (Å²) in [6.45, 7) is 7.64. The van der Waals surface area contributed by atoms with Gasteiger partial charge in [-0.2, -0.15) is 0 Å². The normalized spacial score (nSPS) is 18.5. The van der Waals surface area contributed by atoms with E-state index >= 15 is 0 Å². The molecule has 3 rings (SSSR count). The molecule has 7 nitrogen and oxygen atoms in total. The van der Waals surface area contributed by atoms with Crippen LogP contribution in [0.5, 0.6) is 5.75 Å². The molecule has 0 saturated carbocycles. The molecule has 1 aromatic heterocycles. The topological polar surface area (TPSA) is 72.3 Å². The summed E-state index contributed by atoms with van der Waals surface area (Å²) in [6.07, 6.45) is 1.89. The summed E-state index contributed by atoms with van der Waals surface area (Å²) in [5.74, 6) is 1.72. The standard InChI is InChI=1S/C19H27N5O2S/c1-5-11-23(12-6-2)18(25)17-16(14-7-9-15(26-4)10-8-14)22-24-13(3)20-21-19(24)27-17/h7-10,16-17,22H,5-6,11-12H2,1-4H3. The van der Waals surface area contributed by atoms with Crippen LogP contribution in [-0.2, 0) is 4.79 Å². The van der Waals surface area contributed by atoms with Gasteiger partial charge in [0.1, 0.15) is 16.8 Å². The molecule has 1 aliphatic rings. The molecule has 0 bridgehead atoms. The van der Waals surface area contributed by atoms with Crippen LogP contribution in [-0.4, -0.2) is 51.1 Å². The Hall–Kier alpha value is -2.22. The number of thioether (sulfide) groups is 1. The summed E-state index contributed by atoms with van der Waals surface area (Å²) >= 11 is 1.48. The van der Waals surface area contributed by atoms with Crippen LogP contribution in [0.25, 0.3) is 0 Å². The summed E-state index contributed by atoms with van der Waals surface area (Å²) in [4.78, 5) is 15.4. The van der Waals surface area contributed by atoms with Crippen LogP contribution in [0.1, 0.15) is 44.1 Å². The predicted molar refractivity (Wildman–Crippen MR) is 107 cm³/mol. The van der Waals surface area contributed by atoms with Gasteiger partial charge in [0.05, 0.1) is 13.2 Å². The minimum atomic E-state index is -0.299. The van der Waals surface area contributed by atoms with Gasteiger partial charge in [-0.15, -0.1) is 10.2 Å². The summed E-state index contributed by atoms with van der Waals surface area (Å²) < 4.78 is 7.14. The van der Waals surface area contributed by atoms with Crippen LogP contribution in [0.3, 0.4) is 0 Å². The Labute approximate surface area is 164 Å². The van der Waals surface area contributed by atoms with Gasteiger partial charge in [-0.3, -0.25) is 4.79 Å². The van der Waals surface area contributed by atoms with Crippen molar-refractivity contribution in [1.82, 2.24) is 19.8 Å². The lowest BCUT2D eigenvalue weighted by Crippen LogP contribution is -2.46. The molecule has 1 amide bonds. The number of amides is 1. The number of aromatic nitrogens is 3. The fourth-order valence-corrected chi connectivity index (χ4v) is 4.47. The molecule has 1 aliphatic heterocycles. The van der Waals surface area contributed by atoms with Crippen molar-refractivity contribution in [2.75, 3.05) is 25.6 Å². The number of hydrogen-bond acceptors (Lipinski definition) is 6. The first-order valence-corrected chi connectivity index (χ1v) is 10.2. The van der Waals surface area contributed by atoms with Crippen molar-refractivity contribution in [3.05, 3.63) is 35.7 Å². The lowest BCUT2D eigenvalue weighted by Gasteiger charge is -2.35.